The van der Waals surface area contributed by atoms with Crippen LogP contribution in [-0.4, -0.2) is 67.7 Å². The molecule has 1 amide bonds. The fourth-order valence-corrected chi connectivity index (χ4v) is 5.31. The lowest BCUT2D eigenvalue weighted by Crippen LogP contribution is -2.46. The van der Waals surface area contributed by atoms with Crippen LogP contribution < -0.4 is 19.5 Å². The molecular weight excluding hydrogens is 556 g/mol. The summed E-state index contributed by atoms with van der Waals surface area (Å²) in [6.45, 7) is 5.65. The molecule has 0 aliphatic carbocycles. The van der Waals surface area contributed by atoms with Crippen molar-refractivity contribution < 1.29 is 28.9 Å². The lowest BCUT2D eigenvalue weighted by atomic mass is 10.0. The number of benzene rings is 3. The number of amides is 1. The number of carbonyl (C=O) groups excluding carboxylic acids is 2. The Labute approximate surface area is 261 Å². The number of aryl methyl sites for hydroxylation is 1. The summed E-state index contributed by atoms with van der Waals surface area (Å²) in [6.07, 6.45) is 4.06. The first kappa shape index (κ1) is 33.0. The number of Topliss-reactive ketones (excluding diaryl/α,β-unsaturated/α-hetero) is 1. The number of nitrogens with zero attached hydrogens (tertiary/aromatic N) is 1. The number of hydrogen-bond donors (Lipinski definition) is 2. The highest BCUT2D eigenvalue weighted by Crippen LogP contribution is 2.23. The summed E-state index contributed by atoms with van der Waals surface area (Å²) in [5, 5.41) is 14.4. The molecule has 236 valence electrons. The minimum absolute atomic E-state index is 0.0541. The van der Waals surface area contributed by atoms with Crippen molar-refractivity contribution in [1.29, 1.82) is 0 Å². The molecule has 1 aliphatic heterocycles. The van der Waals surface area contributed by atoms with E-state index in [1.165, 1.54) is 5.56 Å². The Hall–Kier alpha value is -3.88. The summed E-state index contributed by atoms with van der Waals surface area (Å²) >= 11 is 0. The normalized spacial score (nSPS) is 14.5. The zero-order valence-corrected chi connectivity index (χ0v) is 26.0. The standard InChI is InChI=1S/C36H46N2O6/c1-27-10-16-31(17-11-27)43-24-7-25-44-32-20-14-29(15-21-32)36(41)33(26-38-22-5-6-23-38)37-35(40)9-4-3-8-34(39)28-12-18-30(42-2)19-13-28/h10-21,33,36,41H,3-9,22-26H2,1-2H3,(H,37,40)/t33-,36+/m1/s1. The van der Waals surface area contributed by atoms with Crippen LogP contribution in [0.1, 0.15) is 72.5 Å². The van der Waals surface area contributed by atoms with Crippen LogP contribution in [0.4, 0.5) is 0 Å². The number of unbranched alkanes of at least 4 members (excludes halogenated alkanes) is 1. The van der Waals surface area contributed by atoms with E-state index in [2.05, 4.69) is 10.2 Å². The van der Waals surface area contributed by atoms with Crippen molar-refractivity contribution in [2.75, 3.05) is 40.0 Å². The molecule has 8 heteroatoms. The van der Waals surface area contributed by atoms with Gasteiger partial charge < -0.3 is 29.5 Å². The first-order chi connectivity index (χ1) is 21.4. The second-order valence-corrected chi connectivity index (χ2v) is 11.4. The lowest BCUT2D eigenvalue weighted by Gasteiger charge is -2.29. The van der Waals surface area contributed by atoms with Gasteiger partial charge in [0.2, 0.25) is 5.91 Å². The van der Waals surface area contributed by atoms with Gasteiger partial charge in [0, 0.05) is 31.4 Å². The third kappa shape index (κ3) is 10.7. The van der Waals surface area contributed by atoms with Gasteiger partial charge in [-0.25, -0.2) is 0 Å². The van der Waals surface area contributed by atoms with E-state index in [-0.39, 0.29) is 11.7 Å². The van der Waals surface area contributed by atoms with Crippen molar-refractivity contribution in [3.63, 3.8) is 0 Å². The molecule has 1 saturated heterocycles. The Morgan fingerprint density at radius 3 is 1.98 bits per heavy atom. The van der Waals surface area contributed by atoms with Crippen LogP contribution >= 0.6 is 0 Å². The summed E-state index contributed by atoms with van der Waals surface area (Å²) in [5.41, 5.74) is 2.58. The molecule has 4 rings (SSSR count). The predicted molar refractivity (Wildman–Crippen MR) is 172 cm³/mol. The van der Waals surface area contributed by atoms with Gasteiger partial charge in [-0.15, -0.1) is 0 Å². The van der Waals surface area contributed by atoms with Gasteiger partial charge in [-0.3, -0.25) is 9.59 Å². The van der Waals surface area contributed by atoms with Crippen molar-refractivity contribution >= 4 is 11.7 Å². The number of carbonyl (C=O) groups is 2. The van der Waals surface area contributed by atoms with Crippen molar-refractivity contribution in [3.8, 4) is 17.2 Å². The highest BCUT2D eigenvalue weighted by atomic mass is 16.5. The van der Waals surface area contributed by atoms with E-state index in [1.807, 2.05) is 55.5 Å². The van der Waals surface area contributed by atoms with E-state index < -0.39 is 12.1 Å². The number of ether oxygens (including phenoxy) is 3. The van der Waals surface area contributed by atoms with Gasteiger partial charge in [-0.2, -0.15) is 0 Å². The van der Waals surface area contributed by atoms with E-state index in [4.69, 9.17) is 14.2 Å². The summed E-state index contributed by atoms with van der Waals surface area (Å²) < 4.78 is 16.8. The third-order valence-corrected chi connectivity index (χ3v) is 7.92. The van der Waals surface area contributed by atoms with Crippen LogP contribution in [0.3, 0.4) is 0 Å². The van der Waals surface area contributed by atoms with E-state index >= 15 is 0 Å². The zero-order chi connectivity index (χ0) is 31.1. The molecule has 0 unspecified atom stereocenters. The quantitative estimate of drug-likeness (QED) is 0.138. The molecular formula is C36H46N2O6. The van der Waals surface area contributed by atoms with Crippen LogP contribution in [0.15, 0.2) is 72.8 Å². The first-order valence-corrected chi connectivity index (χ1v) is 15.7. The Bertz CT molecular complexity index is 1290. The first-order valence-electron chi connectivity index (χ1n) is 15.7. The maximum absolute atomic E-state index is 12.9. The summed E-state index contributed by atoms with van der Waals surface area (Å²) in [6, 6.07) is 22.0. The Balaban J connectivity index is 1.21. The molecule has 0 saturated carbocycles. The van der Waals surface area contributed by atoms with Crippen molar-refractivity contribution in [2.45, 2.75) is 64.0 Å². The van der Waals surface area contributed by atoms with Gasteiger partial charge in [0.1, 0.15) is 23.4 Å². The predicted octanol–water partition coefficient (Wildman–Crippen LogP) is 5.91. The molecule has 3 aromatic carbocycles. The van der Waals surface area contributed by atoms with E-state index in [0.29, 0.717) is 56.8 Å². The molecule has 3 aromatic rings. The average Bonchev–Trinajstić information content (AvgIpc) is 3.56. The minimum Gasteiger partial charge on any atom is -0.497 e. The largest absolute Gasteiger partial charge is 0.497 e. The Kier molecular flexibility index (Phi) is 13.1. The maximum Gasteiger partial charge on any atom is 0.220 e. The average molecular weight is 603 g/mol. The van der Waals surface area contributed by atoms with Gasteiger partial charge >= 0.3 is 0 Å². The number of nitrogens with one attached hydrogen (secondary N) is 1. The lowest BCUT2D eigenvalue weighted by molar-refractivity contribution is -0.123. The fraction of sp³-hybridized carbons (Fsp3) is 0.444. The van der Waals surface area contributed by atoms with Gasteiger partial charge in [-0.1, -0.05) is 29.8 Å². The monoisotopic (exact) mass is 602 g/mol. The molecule has 0 spiro atoms. The van der Waals surface area contributed by atoms with Gasteiger partial charge in [0.15, 0.2) is 5.78 Å². The van der Waals surface area contributed by atoms with E-state index in [0.717, 1.165) is 49.4 Å². The molecule has 0 bridgehead atoms. The number of likely N-dealkylation sites (tertiary alicyclic amines) is 1. The smallest absolute Gasteiger partial charge is 0.220 e. The molecule has 44 heavy (non-hydrogen) atoms. The number of methoxy groups -OCH3 is 1. The molecule has 1 heterocycles. The highest BCUT2D eigenvalue weighted by Gasteiger charge is 2.26. The molecule has 1 aliphatic rings. The second-order valence-electron chi connectivity index (χ2n) is 11.4. The maximum atomic E-state index is 12.9. The molecule has 2 N–H and O–H groups in total. The number of hydrogen-bond acceptors (Lipinski definition) is 7. The van der Waals surface area contributed by atoms with Crippen molar-refractivity contribution in [2.24, 2.45) is 0 Å². The molecule has 1 fully saturated rings. The van der Waals surface area contributed by atoms with E-state index in [1.54, 1.807) is 31.4 Å². The van der Waals surface area contributed by atoms with Gasteiger partial charge in [0.05, 0.1) is 26.4 Å². The number of ketones is 1. The number of rotatable bonds is 18. The van der Waals surface area contributed by atoms with Crippen molar-refractivity contribution in [3.05, 3.63) is 89.5 Å². The van der Waals surface area contributed by atoms with E-state index in [9.17, 15) is 14.7 Å². The molecule has 2 atom stereocenters. The highest BCUT2D eigenvalue weighted by molar-refractivity contribution is 5.96. The fourth-order valence-electron chi connectivity index (χ4n) is 5.31. The Morgan fingerprint density at radius 1 is 0.795 bits per heavy atom. The summed E-state index contributed by atoms with van der Waals surface area (Å²) in [5.74, 6) is 2.23. The number of aliphatic hydroxyl groups excluding tert-OH is 1. The number of aliphatic hydroxyl groups is 1. The van der Waals surface area contributed by atoms with Crippen LogP contribution in [0.5, 0.6) is 17.2 Å². The van der Waals surface area contributed by atoms with Gasteiger partial charge in [-0.05, 0) is 99.8 Å². The molecule has 8 nitrogen and oxygen atoms in total. The summed E-state index contributed by atoms with van der Waals surface area (Å²) in [7, 11) is 1.59. The van der Waals surface area contributed by atoms with Crippen LogP contribution in [0.25, 0.3) is 0 Å². The zero-order valence-electron chi connectivity index (χ0n) is 26.0. The third-order valence-electron chi connectivity index (χ3n) is 7.92. The van der Waals surface area contributed by atoms with Gasteiger partial charge in [0.25, 0.3) is 0 Å². The summed E-state index contributed by atoms with van der Waals surface area (Å²) in [4.78, 5) is 27.7. The molecule has 0 radical (unpaired) electrons. The molecule has 0 aromatic heterocycles. The SMILES string of the molecule is COc1ccc(C(=O)CCCCC(=O)N[C@H](CN2CCCC2)[C@@H](O)c2ccc(OCCCOc3ccc(C)cc3)cc2)cc1. The topological polar surface area (TPSA) is 97.3 Å². The minimum atomic E-state index is -0.854. The van der Waals surface area contributed by atoms with Crippen LogP contribution in [0, 0.1) is 6.92 Å². The van der Waals surface area contributed by atoms with Crippen LogP contribution in [0.2, 0.25) is 0 Å². The van der Waals surface area contributed by atoms with Crippen LogP contribution in [-0.2, 0) is 4.79 Å². The Morgan fingerprint density at radius 2 is 1.36 bits per heavy atom. The second kappa shape index (κ2) is 17.4. The van der Waals surface area contributed by atoms with Crippen molar-refractivity contribution in [1.82, 2.24) is 10.2 Å².